The molecule has 1 heterocycles. The van der Waals surface area contributed by atoms with Crippen LogP contribution in [0.3, 0.4) is 0 Å². The van der Waals surface area contributed by atoms with E-state index in [9.17, 15) is 14.9 Å². The van der Waals surface area contributed by atoms with Crippen molar-refractivity contribution in [3.63, 3.8) is 0 Å². The van der Waals surface area contributed by atoms with Crippen LogP contribution in [0, 0.1) is 24.0 Å². The molecular formula is C23H23N3O5. The van der Waals surface area contributed by atoms with Gasteiger partial charge in [0.2, 0.25) is 0 Å². The summed E-state index contributed by atoms with van der Waals surface area (Å²) >= 11 is 0. The summed E-state index contributed by atoms with van der Waals surface area (Å²) in [4.78, 5) is 23.4. The summed E-state index contributed by atoms with van der Waals surface area (Å²) in [6, 6.07) is 12.5. The fourth-order valence-electron chi connectivity index (χ4n) is 3.40. The number of aryl methyl sites for hydroxylation is 1. The van der Waals surface area contributed by atoms with Crippen molar-refractivity contribution in [3.8, 4) is 11.5 Å². The highest BCUT2D eigenvalue weighted by Gasteiger charge is 2.22. The van der Waals surface area contributed by atoms with Crippen molar-refractivity contribution in [1.29, 1.82) is 0 Å². The first-order valence-corrected chi connectivity index (χ1v) is 9.56. The number of para-hydroxylation sites is 1. The third-order valence-corrected chi connectivity index (χ3v) is 4.95. The van der Waals surface area contributed by atoms with Gasteiger partial charge in [0.05, 0.1) is 31.3 Å². The number of methoxy groups -OCH3 is 2. The molecule has 0 unspecified atom stereocenters. The van der Waals surface area contributed by atoms with Crippen LogP contribution in [0.5, 0.6) is 11.5 Å². The van der Waals surface area contributed by atoms with E-state index >= 15 is 0 Å². The number of allylic oxidation sites excluding steroid dienone is 1. The maximum Gasteiger partial charge on any atom is 0.312 e. The molecule has 3 rings (SSSR count). The molecule has 0 fully saturated rings. The number of carbonyl (C=O) groups excluding carboxylic acids is 1. The van der Waals surface area contributed by atoms with Gasteiger partial charge >= 0.3 is 5.69 Å². The van der Waals surface area contributed by atoms with Crippen molar-refractivity contribution in [2.24, 2.45) is 0 Å². The first kappa shape index (κ1) is 21.8. The predicted molar refractivity (Wildman–Crippen MR) is 117 cm³/mol. The first-order valence-electron chi connectivity index (χ1n) is 9.56. The SMILES string of the molecule is COc1ccc(/C=C/C(=O)c2ccccc2OC)cc1Cn1nc(C)c([N+](=O)[O-])c1C. The second kappa shape index (κ2) is 9.25. The van der Waals surface area contributed by atoms with Gasteiger partial charge in [0.1, 0.15) is 22.9 Å². The lowest BCUT2D eigenvalue weighted by Crippen LogP contribution is -2.06. The highest BCUT2D eigenvalue weighted by atomic mass is 16.6. The number of aromatic nitrogens is 2. The molecule has 1 aromatic heterocycles. The average molecular weight is 421 g/mol. The van der Waals surface area contributed by atoms with Crippen LogP contribution in [-0.2, 0) is 6.54 Å². The van der Waals surface area contributed by atoms with E-state index in [4.69, 9.17) is 9.47 Å². The van der Waals surface area contributed by atoms with E-state index in [1.54, 1.807) is 62.0 Å². The van der Waals surface area contributed by atoms with Crippen molar-refractivity contribution < 1.29 is 19.2 Å². The molecule has 0 N–H and O–H groups in total. The molecule has 0 aliphatic heterocycles. The Kier molecular flexibility index (Phi) is 6.49. The minimum atomic E-state index is -0.423. The van der Waals surface area contributed by atoms with Gasteiger partial charge < -0.3 is 9.47 Å². The molecular weight excluding hydrogens is 398 g/mol. The minimum absolute atomic E-state index is 0.0115. The Morgan fingerprint density at radius 1 is 1.13 bits per heavy atom. The van der Waals surface area contributed by atoms with Gasteiger partial charge in [-0.2, -0.15) is 5.10 Å². The number of nitro groups is 1. The number of ether oxygens (including phenoxy) is 2. The van der Waals surface area contributed by atoms with Crippen molar-refractivity contribution in [2.75, 3.05) is 14.2 Å². The van der Waals surface area contributed by atoms with Crippen molar-refractivity contribution in [1.82, 2.24) is 9.78 Å². The Balaban J connectivity index is 1.89. The van der Waals surface area contributed by atoms with Crippen LogP contribution < -0.4 is 9.47 Å². The minimum Gasteiger partial charge on any atom is -0.496 e. The Bertz CT molecular complexity index is 1160. The van der Waals surface area contributed by atoms with Crippen LogP contribution in [0.2, 0.25) is 0 Å². The number of hydrogen-bond donors (Lipinski definition) is 0. The molecule has 0 saturated carbocycles. The van der Waals surface area contributed by atoms with Gasteiger partial charge in [-0.15, -0.1) is 0 Å². The van der Waals surface area contributed by atoms with Gasteiger partial charge in [0.25, 0.3) is 0 Å². The standard InChI is InChI=1S/C23H23N3O5/c1-15-23(26(28)29)16(2)25(24-15)14-18-13-17(10-12-21(18)30-3)9-11-20(27)19-7-5-6-8-22(19)31-4/h5-13H,14H2,1-4H3/b11-9+. The second-order valence-corrected chi connectivity index (χ2v) is 6.90. The molecule has 160 valence electrons. The van der Waals surface area contributed by atoms with Crippen molar-refractivity contribution in [2.45, 2.75) is 20.4 Å². The number of hydrogen-bond acceptors (Lipinski definition) is 6. The van der Waals surface area contributed by atoms with Gasteiger partial charge in [-0.05, 0) is 49.8 Å². The van der Waals surface area contributed by atoms with Gasteiger partial charge in [0.15, 0.2) is 5.78 Å². The van der Waals surface area contributed by atoms with Crippen molar-refractivity contribution >= 4 is 17.5 Å². The Morgan fingerprint density at radius 2 is 1.84 bits per heavy atom. The lowest BCUT2D eigenvalue weighted by atomic mass is 10.1. The number of rotatable bonds is 8. The number of nitrogens with zero attached hydrogens (tertiary/aromatic N) is 3. The van der Waals surface area contributed by atoms with Crippen LogP contribution in [0.25, 0.3) is 6.08 Å². The van der Waals surface area contributed by atoms with Gasteiger partial charge in [-0.1, -0.05) is 24.3 Å². The van der Waals surface area contributed by atoms with Gasteiger partial charge in [-0.3, -0.25) is 19.6 Å². The quantitative estimate of drug-likeness (QED) is 0.232. The third-order valence-electron chi connectivity index (χ3n) is 4.95. The normalized spacial score (nSPS) is 11.0. The Morgan fingerprint density at radius 3 is 2.48 bits per heavy atom. The zero-order valence-electron chi connectivity index (χ0n) is 17.8. The lowest BCUT2D eigenvalue weighted by Gasteiger charge is -2.11. The largest absolute Gasteiger partial charge is 0.496 e. The summed E-state index contributed by atoms with van der Waals surface area (Å²) in [5.41, 5.74) is 2.89. The summed E-state index contributed by atoms with van der Waals surface area (Å²) < 4.78 is 12.3. The molecule has 0 bridgehead atoms. The molecule has 3 aromatic rings. The average Bonchev–Trinajstić information content (AvgIpc) is 3.04. The van der Waals surface area contributed by atoms with E-state index in [1.807, 2.05) is 12.1 Å². The summed E-state index contributed by atoms with van der Waals surface area (Å²) in [5.74, 6) is 0.964. The predicted octanol–water partition coefficient (Wildman–Crippen LogP) is 4.37. The molecule has 2 aromatic carbocycles. The zero-order valence-corrected chi connectivity index (χ0v) is 17.8. The highest BCUT2D eigenvalue weighted by Crippen LogP contribution is 2.26. The van der Waals surface area contributed by atoms with E-state index in [0.29, 0.717) is 35.0 Å². The monoisotopic (exact) mass is 421 g/mol. The maximum atomic E-state index is 12.6. The molecule has 0 spiro atoms. The molecule has 0 aliphatic rings. The summed E-state index contributed by atoms with van der Waals surface area (Å²) in [5, 5.41) is 15.6. The maximum absolute atomic E-state index is 12.6. The van der Waals surface area contributed by atoms with Crippen LogP contribution in [0.4, 0.5) is 5.69 Å². The summed E-state index contributed by atoms with van der Waals surface area (Å²) in [7, 11) is 3.08. The molecule has 8 nitrogen and oxygen atoms in total. The Labute approximate surface area is 179 Å². The van der Waals surface area contributed by atoms with E-state index in [2.05, 4.69) is 5.10 Å². The topological polar surface area (TPSA) is 96.5 Å². The van der Waals surface area contributed by atoms with E-state index in [0.717, 1.165) is 11.1 Å². The first-order chi connectivity index (χ1) is 14.8. The van der Waals surface area contributed by atoms with Gasteiger partial charge in [-0.25, -0.2) is 0 Å². The number of ketones is 1. The van der Waals surface area contributed by atoms with E-state index in [-0.39, 0.29) is 11.5 Å². The fourth-order valence-corrected chi connectivity index (χ4v) is 3.40. The molecule has 0 saturated heterocycles. The van der Waals surface area contributed by atoms with E-state index < -0.39 is 4.92 Å². The second-order valence-electron chi connectivity index (χ2n) is 6.90. The number of carbonyl (C=O) groups is 1. The molecule has 0 aliphatic carbocycles. The molecule has 8 heteroatoms. The van der Waals surface area contributed by atoms with Crippen LogP contribution in [-0.4, -0.2) is 34.7 Å². The molecule has 0 radical (unpaired) electrons. The molecule has 31 heavy (non-hydrogen) atoms. The van der Waals surface area contributed by atoms with Crippen molar-refractivity contribution in [3.05, 3.63) is 86.7 Å². The summed E-state index contributed by atoms with van der Waals surface area (Å²) in [6.07, 6.45) is 3.19. The van der Waals surface area contributed by atoms with E-state index in [1.165, 1.54) is 13.2 Å². The molecule has 0 amide bonds. The highest BCUT2D eigenvalue weighted by molar-refractivity contribution is 6.08. The zero-order chi connectivity index (χ0) is 22.5. The Hall–Kier alpha value is -3.94. The van der Waals surface area contributed by atoms with Crippen LogP contribution >= 0.6 is 0 Å². The molecule has 0 atom stereocenters. The third kappa shape index (κ3) is 4.63. The fraction of sp³-hybridized carbons (Fsp3) is 0.217. The lowest BCUT2D eigenvalue weighted by molar-refractivity contribution is -0.386. The summed E-state index contributed by atoms with van der Waals surface area (Å²) in [6.45, 7) is 3.58. The van der Waals surface area contributed by atoms with Crippen LogP contribution in [0.1, 0.15) is 32.9 Å². The van der Waals surface area contributed by atoms with Gasteiger partial charge in [0, 0.05) is 5.56 Å². The smallest absolute Gasteiger partial charge is 0.312 e. The van der Waals surface area contributed by atoms with Crippen LogP contribution in [0.15, 0.2) is 48.5 Å². The number of benzene rings is 2.